The summed E-state index contributed by atoms with van der Waals surface area (Å²) in [6, 6.07) is 15.4. The lowest BCUT2D eigenvalue weighted by Crippen LogP contribution is -2.47. The smallest absolute Gasteiger partial charge is 0.257 e. The van der Waals surface area contributed by atoms with E-state index in [9.17, 15) is 4.79 Å². The van der Waals surface area contributed by atoms with Crippen LogP contribution >= 0.6 is 0 Å². The number of ether oxygens (including phenoxy) is 2. The number of carbonyl (C=O) groups excluding carboxylic acids is 1. The first-order valence-electron chi connectivity index (χ1n) is 8.50. The molecule has 5 heteroatoms. The van der Waals surface area contributed by atoms with Gasteiger partial charge in [-0.15, -0.1) is 0 Å². The van der Waals surface area contributed by atoms with E-state index in [-0.39, 0.29) is 5.91 Å². The summed E-state index contributed by atoms with van der Waals surface area (Å²) in [5, 5.41) is 0. The molecule has 0 radical (unpaired) electrons. The number of amides is 1. The van der Waals surface area contributed by atoms with E-state index < -0.39 is 0 Å². The van der Waals surface area contributed by atoms with Crippen LogP contribution in [0.3, 0.4) is 0 Å². The van der Waals surface area contributed by atoms with E-state index in [2.05, 4.69) is 11.9 Å². The fourth-order valence-corrected chi connectivity index (χ4v) is 2.86. The third-order valence-electron chi connectivity index (χ3n) is 4.44. The third kappa shape index (κ3) is 4.31. The Hall–Kier alpha value is -2.53. The maximum absolute atomic E-state index is 12.8. The van der Waals surface area contributed by atoms with Crippen LogP contribution in [0.1, 0.15) is 15.9 Å². The van der Waals surface area contributed by atoms with Crippen LogP contribution < -0.4 is 9.47 Å². The molecule has 0 N–H and O–H groups in total. The summed E-state index contributed by atoms with van der Waals surface area (Å²) in [7, 11) is 3.65. The van der Waals surface area contributed by atoms with Crippen LogP contribution in [0, 0.1) is 0 Å². The lowest BCUT2D eigenvalue weighted by Gasteiger charge is -2.32. The molecule has 0 atom stereocenters. The van der Waals surface area contributed by atoms with Crippen molar-refractivity contribution < 1.29 is 14.3 Å². The molecule has 1 amide bonds. The molecule has 0 spiro atoms. The summed E-state index contributed by atoms with van der Waals surface area (Å²) in [5.41, 5.74) is 1.68. The molecule has 1 fully saturated rings. The highest BCUT2D eigenvalue weighted by Gasteiger charge is 2.23. The molecule has 0 aliphatic carbocycles. The van der Waals surface area contributed by atoms with Gasteiger partial charge in [0.15, 0.2) is 0 Å². The van der Waals surface area contributed by atoms with Gasteiger partial charge in [0.25, 0.3) is 5.91 Å². The van der Waals surface area contributed by atoms with Gasteiger partial charge in [0.2, 0.25) is 0 Å². The topological polar surface area (TPSA) is 42.0 Å². The zero-order valence-electron chi connectivity index (χ0n) is 14.8. The Morgan fingerprint density at radius 2 is 1.76 bits per heavy atom. The number of methoxy groups -OCH3 is 1. The first-order chi connectivity index (χ1) is 12.2. The van der Waals surface area contributed by atoms with Gasteiger partial charge in [-0.2, -0.15) is 0 Å². The second-order valence-corrected chi connectivity index (χ2v) is 6.23. The number of hydrogen-bond donors (Lipinski definition) is 0. The minimum absolute atomic E-state index is 0.0135. The van der Waals surface area contributed by atoms with Gasteiger partial charge >= 0.3 is 0 Å². The molecular formula is C20H24N2O3. The predicted molar refractivity (Wildman–Crippen MR) is 97.2 cm³/mol. The minimum atomic E-state index is 0.0135. The molecule has 1 aliphatic heterocycles. The van der Waals surface area contributed by atoms with Crippen molar-refractivity contribution in [2.75, 3.05) is 40.3 Å². The van der Waals surface area contributed by atoms with Crippen LogP contribution in [-0.2, 0) is 6.61 Å². The fraction of sp³-hybridized carbons (Fsp3) is 0.350. The number of nitrogens with zero attached hydrogens (tertiary/aromatic N) is 2. The van der Waals surface area contributed by atoms with E-state index in [4.69, 9.17) is 9.47 Å². The van der Waals surface area contributed by atoms with Crippen molar-refractivity contribution in [2.24, 2.45) is 0 Å². The number of benzene rings is 2. The molecule has 1 saturated heterocycles. The van der Waals surface area contributed by atoms with Crippen LogP contribution in [0.2, 0.25) is 0 Å². The average Bonchev–Trinajstić information content (AvgIpc) is 2.67. The number of hydrogen-bond acceptors (Lipinski definition) is 4. The highest BCUT2D eigenvalue weighted by molar-refractivity contribution is 5.97. The highest BCUT2D eigenvalue weighted by atomic mass is 16.5. The van der Waals surface area contributed by atoms with Crippen molar-refractivity contribution in [1.82, 2.24) is 9.80 Å². The lowest BCUT2D eigenvalue weighted by atomic mass is 10.1. The lowest BCUT2D eigenvalue weighted by molar-refractivity contribution is 0.0660. The predicted octanol–water partition coefficient (Wildman–Crippen LogP) is 2.66. The first kappa shape index (κ1) is 17.3. The van der Waals surface area contributed by atoms with Gasteiger partial charge in [0.1, 0.15) is 18.1 Å². The van der Waals surface area contributed by atoms with Gasteiger partial charge in [0, 0.05) is 32.2 Å². The molecule has 1 aliphatic rings. The van der Waals surface area contributed by atoms with Gasteiger partial charge in [-0.05, 0) is 24.7 Å². The van der Waals surface area contributed by atoms with E-state index in [0.29, 0.717) is 23.7 Å². The van der Waals surface area contributed by atoms with E-state index >= 15 is 0 Å². The maximum atomic E-state index is 12.8. The van der Waals surface area contributed by atoms with Gasteiger partial charge in [0.05, 0.1) is 12.7 Å². The Labute approximate surface area is 148 Å². The Kier molecular flexibility index (Phi) is 5.56. The number of piperazine rings is 1. The van der Waals surface area contributed by atoms with Gasteiger partial charge in [-0.1, -0.05) is 30.3 Å². The van der Waals surface area contributed by atoms with Gasteiger partial charge in [-0.3, -0.25) is 4.79 Å². The molecule has 0 unspecified atom stereocenters. The van der Waals surface area contributed by atoms with Crippen molar-refractivity contribution in [3.63, 3.8) is 0 Å². The van der Waals surface area contributed by atoms with E-state index in [1.165, 1.54) is 0 Å². The largest absolute Gasteiger partial charge is 0.496 e. The Bertz CT molecular complexity index is 710. The quantitative estimate of drug-likeness (QED) is 0.839. The molecule has 25 heavy (non-hydrogen) atoms. The highest BCUT2D eigenvalue weighted by Crippen LogP contribution is 2.27. The summed E-state index contributed by atoms with van der Waals surface area (Å²) >= 11 is 0. The Morgan fingerprint density at radius 3 is 2.44 bits per heavy atom. The molecule has 2 aromatic rings. The molecule has 0 aromatic heterocycles. The molecule has 132 valence electrons. The van der Waals surface area contributed by atoms with Crippen molar-refractivity contribution in [2.45, 2.75) is 6.61 Å². The minimum Gasteiger partial charge on any atom is -0.496 e. The molecular weight excluding hydrogens is 316 g/mol. The second-order valence-electron chi connectivity index (χ2n) is 6.23. The summed E-state index contributed by atoms with van der Waals surface area (Å²) < 4.78 is 11.3. The maximum Gasteiger partial charge on any atom is 0.257 e. The second kappa shape index (κ2) is 8.03. The molecule has 3 rings (SSSR count). The summed E-state index contributed by atoms with van der Waals surface area (Å²) in [6.45, 7) is 3.75. The van der Waals surface area contributed by atoms with Crippen LogP contribution in [0.4, 0.5) is 0 Å². The zero-order chi connectivity index (χ0) is 17.6. The van der Waals surface area contributed by atoms with Crippen LogP contribution in [0.15, 0.2) is 48.5 Å². The van der Waals surface area contributed by atoms with E-state index in [0.717, 1.165) is 31.7 Å². The standard InChI is InChI=1S/C20H24N2O3/c1-21-10-12-22(13-11-21)20(23)18-9-8-17(14-19(18)24-2)25-15-16-6-4-3-5-7-16/h3-9,14H,10-13,15H2,1-2H3. The third-order valence-corrected chi connectivity index (χ3v) is 4.44. The molecule has 0 bridgehead atoms. The average molecular weight is 340 g/mol. The van der Waals surface area contributed by atoms with Crippen molar-refractivity contribution >= 4 is 5.91 Å². The normalized spacial score (nSPS) is 15.0. The monoisotopic (exact) mass is 340 g/mol. The van der Waals surface area contributed by atoms with Crippen LogP contribution in [0.25, 0.3) is 0 Å². The fourth-order valence-electron chi connectivity index (χ4n) is 2.86. The molecule has 5 nitrogen and oxygen atoms in total. The SMILES string of the molecule is COc1cc(OCc2ccccc2)ccc1C(=O)N1CCN(C)CC1. The van der Waals surface area contributed by atoms with Crippen molar-refractivity contribution in [1.29, 1.82) is 0 Å². The van der Waals surface area contributed by atoms with Crippen LogP contribution in [-0.4, -0.2) is 56.0 Å². The Morgan fingerprint density at radius 1 is 1.04 bits per heavy atom. The van der Waals surface area contributed by atoms with E-state index in [1.807, 2.05) is 41.3 Å². The van der Waals surface area contributed by atoms with Crippen molar-refractivity contribution in [3.05, 3.63) is 59.7 Å². The molecule has 0 saturated carbocycles. The zero-order valence-corrected chi connectivity index (χ0v) is 14.8. The number of rotatable bonds is 5. The van der Waals surface area contributed by atoms with Gasteiger partial charge < -0.3 is 19.3 Å². The molecule has 1 heterocycles. The number of likely N-dealkylation sites (N-methyl/N-ethyl adjacent to an activating group) is 1. The Balaban J connectivity index is 1.70. The van der Waals surface area contributed by atoms with Gasteiger partial charge in [-0.25, -0.2) is 0 Å². The van der Waals surface area contributed by atoms with Crippen LogP contribution in [0.5, 0.6) is 11.5 Å². The summed E-state index contributed by atoms with van der Waals surface area (Å²) in [5.74, 6) is 1.25. The molecule has 2 aromatic carbocycles. The summed E-state index contributed by atoms with van der Waals surface area (Å²) in [6.07, 6.45) is 0. The summed E-state index contributed by atoms with van der Waals surface area (Å²) in [4.78, 5) is 16.9. The first-order valence-corrected chi connectivity index (χ1v) is 8.50. The number of carbonyl (C=O) groups is 1. The van der Waals surface area contributed by atoms with E-state index in [1.54, 1.807) is 19.2 Å². The van der Waals surface area contributed by atoms with Crippen molar-refractivity contribution in [3.8, 4) is 11.5 Å².